The quantitative estimate of drug-likeness (QED) is 0.474. The number of Topliss-reactive ketones (excluding diaryl/α,β-unsaturated/α-hetero) is 2. The molecule has 0 aromatic rings. The fourth-order valence-electron chi connectivity index (χ4n) is 7.82. The molecule has 1 heterocycles. The Labute approximate surface area is 195 Å². The molecule has 5 atom stereocenters. The lowest BCUT2D eigenvalue weighted by Gasteiger charge is -2.53. The smallest absolute Gasteiger partial charge is 0.164 e. The lowest BCUT2D eigenvalue weighted by molar-refractivity contribution is -0.161. The van der Waals surface area contributed by atoms with Crippen LogP contribution in [0.1, 0.15) is 106 Å². The first kappa shape index (κ1) is 23.9. The Morgan fingerprint density at radius 1 is 0.969 bits per heavy atom. The van der Waals surface area contributed by atoms with Crippen LogP contribution in [0.15, 0.2) is 23.3 Å². The molecule has 32 heavy (non-hydrogen) atoms. The number of carbonyl (C=O) groups excluding carboxylic acids is 2. The minimum atomic E-state index is -0.654. The molecule has 1 aliphatic heterocycles. The molecule has 3 fully saturated rings. The minimum Gasteiger partial charge on any atom is -0.364 e. The number of rotatable bonds is 3. The average molecular weight is 441 g/mol. The van der Waals surface area contributed by atoms with E-state index in [2.05, 4.69) is 46.8 Å². The van der Waals surface area contributed by atoms with Gasteiger partial charge in [-0.3, -0.25) is 9.59 Å². The highest BCUT2D eigenvalue weighted by Crippen LogP contribution is 2.58. The van der Waals surface area contributed by atoms with Gasteiger partial charge in [-0.15, -0.1) is 0 Å². The highest BCUT2D eigenvalue weighted by molar-refractivity contribution is 5.87. The van der Waals surface area contributed by atoms with E-state index in [0.717, 1.165) is 32.1 Å². The van der Waals surface area contributed by atoms with E-state index in [1.807, 2.05) is 13.8 Å². The molecule has 4 rings (SSSR count). The van der Waals surface area contributed by atoms with Crippen molar-refractivity contribution in [2.75, 3.05) is 0 Å². The number of allylic oxidation sites excluding steroid dienone is 4. The Morgan fingerprint density at radius 2 is 1.66 bits per heavy atom. The van der Waals surface area contributed by atoms with Gasteiger partial charge in [0.25, 0.3) is 0 Å². The van der Waals surface area contributed by atoms with Crippen LogP contribution in [0.25, 0.3) is 0 Å². The molecule has 0 radical (unpaired) electrons. The van der Waals surface area contributed by atoms with Crippen LogP contribution in [0.3, 0.4) is 0 Å². The zero-order chi connectivity index (χ0) is 23.5. The van der Waals surface area contributed by atoms with Crippen LogP contribution in [0, 0.1) is 28.1 Å². The standard InChI is InChI=1S/C29H44O3/c1-19-11-14-22-26(2,3)23(30)15-18-29(22,7)21(19)13-12-20-9-8-10-25-28(20,6)17-16-24(31)27(4,5)32-25/h11,14,20,22,25H,8-10,12-13,15-18H2,1-7H3/t20-,22?,25-,28-,29+/m1/s1. The first-order valence-electron chi connectivity index (χ1n) is 13.0. The van der Waals surface area contributed by atoms with Crippen molar-refractivity contribution in [3.63, 3.8) is 0 Å². The summed E-state index contributed by atoms with van der Waals surface area (Å²) in [5, 5.41) is 0. The Hall–Kier alpha value is -1.22. The maximum Gasteiger partial charge on any atom is 0.164 e. The number of hydrogen-bond acceptors (Lipinski definition) is 3. The molecule has 0 aromatic heterocycles. The molecule has 0 spiro atoms. The van der Waals surface area contributed by atoms with Crippen molar-refractivity contribution >= 4 is 11.6 Å². The van der Waals surface area contributed by atoms with E-state index < -0.39 is 5.60 Å². The molecule has 4 aliphatic rings. The van der Waals surface area contributed by atoms with Gasteiger partial charge in [0.15, 0.2) is 5.78 Å². The summed E-state index contributed by atoms with van der Waals surface area (Å²) in [6, 6.07) is 0. The summed E-state index contributed by atoms with van der Waals surface area (Å²) in [7, 11) is 0. The first-order chi connectivity index (χ1) is 14.8. The fraction of sp³-hybridized carbons (Fsp3) is 0.793. The topological polar surface area (TPSA) is 43.4 Å². The van der Waals surface area contributed by atoms with Crippen LogP contribution in [0.4, 0.5) is 0 Å². The lowest BCUT2D eigenvalue weighted by Crippen LogP contribution is -2.49. The zero-order valence-corrected chi connectivity index (χ0v) is 21.5. The molecule has 0 bridgehead atoms. The second kappa shape index (κ2) is 7.93. The van der Waals surface area contributed by atoms with Crippen LogP contribution >= 0.6 is 0 Å². The van der Waals surface area contributed by atoms with Crippen LogP contribution < -0.4 is 0 Å². The number of hydrogen-bond donors (Lipinski definition) is 0. The van der Waals surface area contributed by atoms with Crippen molar-refractivity contribution in [2.24, 2.45) is 28.1 Å². The van der Waals surface area contributed by atoms with Gasteiger partial charge in [0.05, 0.1) is 6.10 Å². The van der Waals surface area contributed by atoms with Crippen molar-refractivity contribution in [2.45, 2.75) is 118 Å². The summed E-state index contributed by atoms with van der Waals surface area (Å²) in [5.74, 6) is 1.53. The third-order valence-electron chi connectivity index (χ3n) is 10.2. The molecular weight excluding hydrogens is 396 g/mol. The predicted octanol–water partition coefficient (Wildman–Crippen LogP) is 7.00. The second-order valence-corrected chi connectivity index (χ2v) is 12.8. The Morgan fingerprint density at radius 3 is 2.38 bits per heavy atom. The molecule has 178 valence electrons. The summed E-state index contributed by atoms with van der Waals surface area (Å²) >= 11 is 0. The minimum absolute atomic E-state index is 0.0722. The molecule has 0 aromatic carbocycles. The summed E-state index contributed by atoms with van der Waals surface area (Å²) < 4.78 is 6.50. The maximum atomic E-state index is 12.7. The van der Waals surface area contributed by atoms with Gasteiger partial charge in [0.1, 0.15) is 11.4 Å². The van der Waals surface area contributed by atoms with E-state index in [9.17, 15) is 9.59 Å². The van der Waals surface area contributed by atoms with E-state index in [0.29, 0.717) is 24.5 Å². The number of fused-ring (bicyclic) bond motifs is 2. The molecule has 3 heteroatoms. The normalized spacial score (nSPS) is 41.2. The molecule has 0 amide bonds. The maximum absolute atomic E-state index is 12.7. The summed E-state index contributed by atoms with van der Waals surface area (Å²) in [5.41, 5.74) is 2.17. The van der Waals surface area contributed by atoms with Gasteiger partial charge >= 0.3 is 0 Å². The molecule has 0 N–H and O–H groups in total. The van der Waals surface area contributed by atoms with E-state index in [1.165, 1.54) is 18.4 Å². The summed E-state index contributed by atoms with van der Waals surface area (Å²) in [6.07, 6.45) is 13.8. The van der Waals surface area contributed by atoms with Crippen molar-refractivity contribution in [1.29, 1.82) is 0 Å². The van der Waals surface area contributed by atoms with Crippen LogP contribution in [-0.2, 0) is 14.3 Å². The van der Waals surface area contributed by atoms with Gasteiger partial charge in [-0.1, -0.05) is 57.4 Å². The molecule has 3 aliphatic carbocycles. The van der Waals surface area contributed by atoms with Crippen LogP contribution in [0.2, 0.25) is 0 Å². The monoisotopic (exact) mass is 440 g/mol. The third-order valence-corrected chi connectivity index (χ3v) is 10.2. The molecule has 2 saturated carbocycles. The lowest BCUT2D eigenvalue weighted by atomic mass is 9.51. The molecular formula is C29H44O3. The third kappa shape index (κ3) is 3.67. The average Bonchev–Trinajstić information content (AvgIpc) is 2.79. The number of ether oxygens (including phenoxy) is 1. The van der Waals surface area contributed by atoms with Crippen molar-refractivity contribution < 1.29 is 14.3 Å². The van der Waals surface area contributed by atoms with Gasteiger partial charge in [-0.05, 0) is 82.0 Å². The van der Waals surface area contributed by atoms with Gasteiger partial charge in [0, 0.05) is 18.3 Å². The number of carbonyl (C=O) groups is 2. The Bertz CT molecular complexity index is 860. The van der Waals surface area contributed by atoms with Gasteiger partial charge in [-0.25, -0.2) is 0 Å². The van der Waals surface area contributed by atoms with Crippen molar-refractivity contribution in [1.82, 2.24) is 0 Å². The van der Waals surface area contributed by atoms with E-state index in [1.54, 1.807) is 5.57 Å². The Kier molecular flexibility index (Phi) is 5.93. The van der Waals surface area contributed by atoms with E-state index >= 15 is 0 Å². The van der Waals surface area contributed by atoms with Gasteiger partial charge in [-0.2, -0.15) is 0 Å². The second-order valence-electron chi connectivity index (χ2n) is 12.8. The summed E-state index contributed by atoms with van der Waals surface area (Å²) in [6.45, 7) is 15.3. The van der Waals surface area contributed by atoms with Crippen molar-refractivity contribution in [3.05, 3.63) is 23.3 Å². The van der Waals surface area contributed by atoms with Gasteiger partial charge < -0.3 is 4.74 Å². The van der Waals surface area contributed by atoms with E-state index in [4.69, 9.17) is 4.74 Å². The molecule has 3 nitrogen and oxygen atoms in total. The van der Waals surface area contributed by atoms with E-state index in [-0.39, 0.29) is 34.1 Å². The van der Waals surface area contributed by atoms with Crippen molar-refractivity contribution in [3.8, 4) is 0 Å². The fourth-order valence-corrected chi connectivity index (χ4v) is 7.82. The zero-order valence-electron chi connectivity index (χ0n) is 21.5. The highest BCUT2D eigenvalue weighted by Gasteiger charge is 2.53. The summed E-state index contributed by atoms with van der Waals surface area (Å²) in [4.78, 5) is 25.4. The largest absolute Gasteiger partial charge is 0.364 e. The van der Waals surface area contributed by atoms with Crippen LogP contribution in [-0.4, -0.2) is 23.3 Å². The highest BCUT2D eigenvalue weighted by atomic mass is 16.5. The predicted molar refractivity (Wildman–Crippen MR) is 129 cm³/mol. The molecule has 1 unspecified atom stereocenters. The van der Waals surface area contributed by atoms with Gasteiger partial charge in [0.2, 0.25) is 0 Å². The molecule has 1 saturated heterocycles. The van der Waals surface area contributed by atoms with Crippen LogP contribution in [0.5, 0.6) is 0 Å². The SMILES string of the molecule is CC1=C(CC[C@H]2CCC[C@H]3OC(C)(C)C(=O)CC[C@]23C)[C@]2(C)CCC(=O)C(C)(C)C2C=C1. The number of ketones is 2. The first-order valence-corrected chi connectivity index (χ1v) is 13.0. The Balaban J connectivity index is 1.57.